The number of nitrogens with one attached hydrogen (secondary N) is 1. The van der Waals surface area contributed by atoms with Crippen molar-refractivity contribution in [1.82, 2.24) is 14.8 Å². The summed E-state index contributed by atoms with van der Waals surface area (Å²) in [4.78, 5) is 50.1. The first-order valence-corrected chi connectivity index (χ1v) is 11.5. The van der Waals surface area contributed by atoms with E-state index < -0.39 is 40.7 Å². The number of carbonyl (C=O) groups is 4. The molecule has 2 amide bonds. The van der Waals surface area contributed by atoms with Crippen molar-refractivity contribution in [3.05, 3.63) is 60.5 Å². The molecule has 178 valence electrons. The maximum absolute atomic E-state index is 13.2. The highest BCUT2D eigenvalue weighted by molar-refractivity contribution is 8.00. The first-order chi connectivity index (χ1) is 16.2. The fourth-order valence-corrected chi connectivity index (χ4v) is 5.38. The fraction of sp³-hybridized carbons (Fsp3) is 0.304. The van der Waals surface area contributed by atoms with E-state index in [0.717, 1.165) is 15.8 Å². The van der Waals surface area contributed by atoms with Crippen LogP contribution in [0.4, 0.5) is 0 Å². The van der Waals surface area contributed by atoms with Gasteiger partial charge in [-0.2, -0.15) is 0 Å². The molecule has 1 fully saturated rings. The van der Waals surface area contributed by atoms with Gasteiger partial charge in [0.05, 0.1) is 6.54 Å². The predicted molar refractivity (Wildman–Crippen MR) is 125 cm³/mol. The molecule has 1 aromatic heterocycles. The van der Waals surface area contributed by atoms with E-state index in [1.807, 2.05) is 41.1 Å². The Balaban J connectivity index is 1.50. The van der Waals surface area contributed by atoms with Crippen molar-refractivity contribution in [2.45, 2.75) is 30.4 Å². The van der Waals surface area contributed by atoms with Crippen LogP contribution in [0.1, 0.15) is 6.92 Å². The average molecular weight is 485 g/mol. The minimum absolute atomic E-state index is 0.102. The quantitative estimate of drug-likeness (QED) is 0.284. The molecule has 0 aliphatic carbocycles. The molecule has 4 rings (SSSR count). The molecule has 0 saturated carbocycles. The first-order valence-electron chi connectivity index (χ1n) is 10.5. The third-order valence-electron chi connectivity index (χ3n) is 5.89. The smallest absolute Gasteiger partial charge is 0.352 e. The first kappa shape index (κ1) is 23.6. The van der Waals surface area contributed by atoms with E-state index >= 15 is 0 Å². The minimum Gasteiger partial charge on any atom is -0.477 e. The van der Waals surface area contributed by atoms with Crippen LogP contribution in [0, 0.1) is 0 Å². The average Bonchev–Trinajstić information content (AvgIpc) is 3.22. The number of hydrogen-bond donors (Lipinski definition) is 3. The molecule has 3 unspecified atom stereocenters. The number of rotatable bonds is 8. The number of nitrogens with zero attached hydrogens (tertiary/aromatic N) is 2. The third-order valence-corrected chi connectivity index (χ3v) is 7.22. The van der Waals surface area contributed by atoms with E-state index in [2.05, 4.69) is 11.9 Å². The number of β-lactam (4-membered cyclic amide) rings is 1. The number of carbonyl (C=O) groups excluding carboxylic acids is 3. The largest absolute Gasteiger partial charge is 0.477 e. The molecule has 2 aromatic rings. The highest BCUT2D eigenvalue weighted by atomic mass is 32.2. The van der Waals surface area contributed by atoms with Crippen LogP contribution in [0.15, 0.2) is 60.5 Å². The van der Waals surface area contributed by atoms with Gasteiger partial charge >= 0.3 is 11.9 Å². The third kappa shape index (κ3) is 4.08. The lowest BCUT2D eigenvalue weighted by atomic mass is 9.96. The maximum atomic E-state index is 13.2. The molecule has 34 heavy (non-hydrogen) atoms. The number of ether oxygens (including phenoxy) is 1. The van der Waals surface area contributed by atoms with Gasteiger partial charge in [-0.3, -0.25) is 19.3 Å². The van der Waals surface area contributed by atoms with Crippen LogP contribution in [0.3, 0.4) is 0 Å². The summed E-state index contributed by atoms with van der Waals surface area (Å²) in [7, 11) is 0. The molecule has 10 nitrogen and oxygen atoms in total. The van der Waals surface area contributed by atoms with Crippen molar-refractivity contribution in [3.63, 3.8) is 0 Å². The van der Waals surface area contributed by atoms with Gasteiger partial charge in [-0.25, -0.2) is 4.79 Å². The number of para-hydroxylation sites is 1. The number of aromatic nitrogens is 1. The van der Waals surface area contributed by atoms with E-state index in [9.17, 15) is 24.3 Å². The number of carboxylic acid groups (broad SMARTS) is 1. The number of thioether (sulfide) groups is 1. The Labute approximate surface area is 199 Å². The molecule has 11 heteroatoms. The van der Waals surface area contributed by atoms with Crippen molar-refractivity contribution in [2.24, 2.45) is 5.73 Å². The lowest BCUT2D eigenvalue weighted by molar-refractivity contribution is -0.151. The number of benzene rings is 1. The molecule has 2 aliphatic rings. The van der Waals surface area contributed by atoms with Crippen LogP contribution >= 0.6 is 11.8 Å². The van der Waals surface area contributed by atoms with E-state index in [4.69, 9.17) is 10.5 Å². The summed E-state index contributed by atoms with van der Waals surface area (Å²) in [6.45, 7) is 4.82. The Morgan fingerprint density at radius 2 is 2.09 bits per heavy atom. The Morgan fingerprint density at radius 3 is 2.76 bits per heavy atom. The van der Waals surface area contributed by atoms with Crippen LogP contribution in [-0.2, 0) is 30.5 Å². The van der Waals surface area contributed by atoms with E-state index in [0.29, 0.717) is 5.57 Å². The standard InChI is InChI=1S/C23H24N4O6S/c1-3-23(24,12-26-9-8-14-6-4-5-7-16(14)26)22(32)25-17-19(29)27-18(21(30)31)15(10-33-13(2)28)11-34-20(17)27/h3-9,17,20H,1,10-12,24H2,2H3,(H,25,32)(H,30,31). The predicted octanol–water partition coefficient (Wildman–Crippen LogP) is 0.827. The Morgan fingerprint density at radius 1 is 1.35 bits per heavy atom. The zero-order valence-electron chi connectivity index (χ0n) is 18.4. The molecule has 1 aromatic carbocycles. The lowest BCUT2D eigenvalue weighted by Gasteiger charge is -2.49. The summed E-state index contributed by atoms with van der Waals surface area (Å²) >= 11 is 1.28. The van der Waals surface area contributed by atoms with Gasteiger partial charge in [0, 0.05) is 30.0 Å². The van der Waals surface area contributed by atoms with Gasteiger partial charge < -0.3 is 25.5 Å². The highest BCUT2D eigenvalue weighted by Gasteiger charge is 2.55. The SMILES string of the molecule is C=CC(N)(Cn1ccc2ccccc21)C(=O)NC1C(=O)N2C(C(=O)O)=C(COC(C)=O)CSC12. The fourth-order valence-electron chi connectivity index (χ4n) is 4.05. The van der Waals surface area contributed by atoms with Gasteiger partial charge in [0.1, 0.15) is 29.3 Å². The van der Waals surface area contributed by atoms with Gasteiger partial charge in [0.25, 0.3) is 5.91 Å². The van der Waals surface area contributed by atoms with Gasteiger partial charge in [-0.1, -0.05) is 24.3 Å². The van der Waals surface area contributed by atoms with Gasteiger partial charge in [-0.05, 0) is 17.5 Å². The maximum Gasteiger partial charge on any atom is 0.352 e. The number of fused-ring (bicyclic) bond motifs is 2. The molecule has 3 heterocycles. The summed E-state index contributed by atoms with van der Waals surface area (Å²) in [6, 6.07) is 8.63. The van der Waals surface area contributed by atoms with Gasteiger partial charge in [0.2, 0.25) is 5.91 Å². The Bertz CT molecular complexity index is 1240. The molecule has 3 atom stereocenters. The van der Waals surface area contributed by atoms with E-state index in [1.54, 1.807) is 0 Å². The number of esters is 1. The summed E-state index contributed by atoms with van der Waals surface area (Å²) in [6.07, 6.45) is 3.16. The number of aliphatic carboxylic acids is 1. The number of hydrogen-bond acceptors (Lipinski definition) is 7. The number of amides is 2. The van der Waals surface area contributed by atoms with E-state index in [1.165, 1.54) is 24.8 Å². The molecule has 1 saturated heterocycles. The van der Waals surface area contributed by atoms with Gasteiger partial charge in [-0.15, -0.1) is 18.3 Å². The summed E-state index contributed by atoms with van der Waals surface area (Å²) in [5.74, 6) is -2.78. The normalized spacial score (nSPS) is 21.4. The van der Waals surface area contributed by atoms with Crippen LogP contribution in [-0.4, -0.2) is 67.6 Å². The van der Waals surface area contributed by atoms with Crippen molar-refractivity contribution in [3.8, 4) is 0 Å². The molecular weight excluding hydrogens is 460 g/mol. The topological polar surface area (TPSA) is 144 Å². The van der Waals surface area contributed by atoms with Crippen LogP contribution in [0.2, 0.25) is 0 Å². The molecule has 2 aliphatic heterocycles. The Hall–Kier alpha value is -3.57. The van der Waals surface area contributed by atoms with Gasteiger partial charge in [0.15, 0.2) is 0 Å². The van der Waals surface area contributed by atoms with Crippen LogP contribution in [0.5, 0.6) is 0 Å². The minimum atomic E-state index is -1.51. The van der Waals surface area contributed by atoms with Crippen molar-refractivity contribution < 1.29 is 29.0 Å². The zero-order chi connectivity index (χ0) is 24.6. The summed E-state index contributed by atoms with van der Waals surface area (Å²) in [5, 5.41) is 12.7. The number of nitrogens with two attached hydrogens (primary N) is 1. The summed E-state index contributed by atoms with van der Waals surface area (Å²) < 4.78 is 6.77. The van der Waals surface area contributed by atoms with Crippen molar-refractivity contribution >= 4 is 46.4 Å². The zero-order valence-corrected chi connectivity index (χ0v) is 19.2. The Kier molecular flexibility index (Phi) is 6.24. The molecule has 0 radical (unpaired) electrons. The van der Waals surface area contributed by atoms with E-state index in [-0.39, 0.29) is 24.6 Å². The summed E-state index contributed by atoms with van der Waals surface area (Å²) in [5.41, 5.74) is 5.89. The second kappa shape index (κ2) is 8.99. The van der Waals surface area contributed by atoms with Crippen molar-refractivity contribution in [2.75, 3.05) is 12.4 Å². The second-order valence-corrected chi connectivity index (χ2v) is 9.25. The van der Waals surface area contributed by atoms with Crippen LogP contribution < -0.4 is 11.1 Å². The molecule has 4 N–H and O–H groups in total. The molecular formula is C23H24N4O6S. The highest BCUT2D eigenvalue weighted by Crippen LogP contribution is 2.40. The molecule has 0 bridgehead atoms. The lowest BCUT2D eigenvalue weighted by Crippen LogP contribution is -2.73. The monoisotopic (exact) mass is 484 g/mol. The molecule has 0 spiro atoms. The van der Waals surface area contributed by atoms with Crippen molar-refractivity contribution in [1.29, 1.82) is 0 Å². The number of carboxylic acids is 1. The second-order valence-electron chi connectivity index (χ2n) is 8.15. The van der Waals surface area contributed by atoms with Crippen LogP contribution in [0.25, 0.3) is 10.9 Å².